The Balaban J connectivity index is 2.22. The first-order valence-electron chi connectivity index (χ1n) is 7.00. The predicted molar refractivity (Wildman–Crippen MR) is 77.9 cm³/mol. The van der Waals surface area contributed by atoms with Gasteiger partial charge >= 0.3 is 0 Å². The van der Waals surface area contributed by atoms with Gasteiger partial charge in [0.05, 0.1) is 10.5 Å². The van der Waals surface area contributed by atoms with Gasteiger partial charge in [-0.25, -0.2) is 0 Å². The number of nitro benzene ring substituents is 1. The molecule has 0 radical (unpaired) electrons. The number of nitro groups is 1. The van der Waals surface area contributed by atoms with Crippen molar-refractivity contribution in [2.75, 3.05) is 18.9 Å². The molecular weight excluding hydrogens is 274 g/mol. The van der Waals surface area contributed by atoms with Crippen molar-refractivity contribution in [3.8, 4) is 0 Å². The summed E-state index contributed by atoms with van der Waals surface area (Å²) >= 11 is 0. The Morgan fingerprint density at radius 2 is 2.29 bits per heavy atom. The minimum Gasteiger partial charge on any atom is -0.398 e. The van der Waals surface area contributed by atoms with Gasteiger partial charge in [-0.15, -0.1) is 0 Å². The third-order valence-corrected chi connectivity index (χ3v) is 3.81. The van der Waals surface area contributed by atoms with Crippen LogP contribution in [0.3, 0.4) is 0 Å². The second-order valence-corrected chi connectivity index (χ2v) is 5.19. The van der Waals surface area contributed by atoms with Crippen LogP contribution in [0.25, 0.3) is 0 Å². The number of hydrogen-bond acceptors (Lipinski definition) is 5. The molecule has 3 N–H and O–H groups in total. The first-order valence-corrected chi connectivity index (χ1v) is 7.00. The maximum atomic E-state index is 12.6. The molecule has 1 aromatic carbocycles. The fraction of sp³-hybridized carbons (Fsp3) is 0.500. The zero-order chi connectivity index (χ0) is 15.4. The van der Waals surface area contributed by atoms with Gasteiger partial charge in [-0.1, -0.05) is 0 Å². The van der Waals surface area contributed by atoms with E-state index in [1.54, 1.807) is 4.90 Å². The fourth-order valence-electron chi connectivity index (χ4n) is 2.73. The van der Waals surface area contributed by atoms with Crippen LogP contribution in [-0.4, -0.2) is 40.0 Å². The molecule has 1 atom stereocenters. The third kappa shape index (κ3) is 3.30. The highest BCUT2D eigenvalue weighted by Gasteiger charge is 2.30. The molecule has 21 heavy (non-hydrogen) atoms. The summed E-state index contributed by atoms with van der Waals surface area (Å²) in [5.41, 5.74) is 6.08. The number of nitrogens with zero attached hydrogens (tertiary/aromatic N) is 2. The molecule has 7 heteroatoms. The maximum Gasteiger partial charge on any atom is 0.270 e. The number of benzene rings is 1. The molecular formula is C14H19N3O4. The van der Waals surface area contributed by atoms with E-state index >= 15 is 0 Å². The number of likely N-dealkylation sites (tertiary alicyclic amines) is 1. The lowest BCUT2D eigenvalue weighted by molar-refractivity contribution is -0.384. The molecule has 1 aliphatic heterocycles. The summed E-state index contributed by atoms with van der Waals surface area (Å²) in [6.07, 6.45) is 3.16. The minimum absolute atomic E-state index is 0.0725. The molecule has 0 saturated carbocycles. The van der Waals surface area contributed by atoms with Gasteiger partial charge in [0, 0.05) is 37.0 Å². The molecule has 0 bridgehead atoms. The number of amides is 1. The summed E-state index contributed by atoms with van der Waals surface area (Å²) in [6.45, 7) is 0.717. The van der Waals surface area contributed by atoms with Crippen LogP contribution in [0.4, 0.5) is 11.4 Å². The molecule has 1 aromatic rings. The number of nitrogens with two attached hydrogens (primary N) is 1. The van der Waals surface area contributed by atoms with Crippen molar-refractivity contribution in [1.82, 2.24) is 4.90 Å². The number of hydrogen-bond donors (Lipinski definition) is 2. The van der Waals surface area contributed by atoms with Gasteiger partial charge in [0.2, 0.25) is 0 Å². The van der Waals surface area contributed by atoms with Gasteiger partial charge in [-0.3, -0.25) is 14.9 Å². The summed E-state index contributed by atoms with van der Waals surface area (Å²) in [7, 11) is 0. The average Bonchev–Trinajstić information content (AvgIpc) is 2.93. The van der Waals surface area contributed by atoms with Crippen molar-refractivity contribution in [3.05, 3.63) is 33.9 Å². The summed E-state index contributed by atoms with van der Waals surface area (Å²) in [6, 6.07) is 3.99. The highest BCUT2D eigenvalue weighted by molar-refractivity contribution is 6.00. The normalized spacial score (nSPS) is 18.0. The number of nitrogen functional groups attached to an aromatic ring is 1. The van der Waals surface area contributed by atoms with Gasteiger partial charge in [-0.2, -0.15) is 0 Å². The van der Waals surface area contributed by atoms with Gasteiger partial charge in [0.25, 0.3) is 11.6 Å². The van der Waals surface area contributed by atoms with E-state index in [1.165, 1.54) is 18.2 Å². The van der Waals surface area contributed by atoms with Gasteiger partial charge in [-0.05, 0) is 31.7 Å². The van der Waals surface area contributed by atoms with Gasteiger partial charge in [0.1, 0.15) is 0 Å². The zero-order valence-corrected chi connectivity index (χ0v) is 11.7. The van der Waals surface area contributed by atoms with Crippen LogP contribution in [0.15, 0.2) is 18.2 Å². The predicted octanol–water partition coefficient (Wildman–Crippen LogP) is 1.55. The molecule has 114 valence electrons. The number of aliphatic hydroxyl groups excluding tert-OH is 1. The first-order chi connectivity index (χ1) is 10.0. The zero-order valence-electron chi connectivity index (χ0n) is 11.7. The molecule has 1 amide bonds. The lowest BCUT2D eigenvalue weighted by Crippen LogP contribution is -2.36. The molecule has 1 aliphatic rings. The van der Waals surface area contributed by atoms with Gasteiger partial charge < -0.3 is 15.7 Å². The van der Waals surface area contributed by atoms with E-state index in [0.29, 0.717) is 13.0 Å². The summed E-state index contributed by atoms with van der Waals surface area (Å²) < 4.78 is 0. The Labute approximate surface area is 122 Å². The third-order valence-electron chi connectivity index (χ3n) is 3.81. The number of carbonyl (C=O) groups is 1. The molecule has 0 aromatic heterocycles. The highest BCUT2D eigenvalue weighted by Crippen LogP contribution is 2.27. The topological polar surface area (TPSA) is 110 Å². The Morgan fingerprint density at radius 1 is 1.52 bits per heavy atom. The number of rotatable bonds is 5. The standard InChI is InChI=1S/C14H19N3O4/c15-13-6-5-11(17(20)21)9-12(13)14(19)16-7-1-3-10(16)4-2-8-18/h5-6,9-10,18H,1-4,7-8,15H2. The van der Waals surface area contributed by atoms with E-state index in [0.717, 1.165) is 19.3 Å². The lowest BCUT2D eigenvalue weighted by Gasteiger charge is -2.25. The van der Waals surface area contributed by atoms with Crippen LogP contribution >= 0.6 is 0 Å². The van der Waals surface area contributed by atoms with Crippen LogP contribution in [0, 0.1) is 10.1 Å². The van der Waals surface area contributed by atoms with Crippen molar-refractivity contribution >= 4 is 17.3 Å². The van der Waals surface area contributed by atoms with Crippen LogP contribution < -0.4 is 5.73 Å². The molecule has 1 saturated heterocycles. The minimum atomic E-state index is -0.538. The first kappa shape index (κ1) is 15.2. The number of aliphatic hydroxyl groups is 1. The average molecular weight is 293 g/mol. The monoisotopic (exact) mass is 293 g/mol. The van der Waals surface area contributed by atoms with Crippen molar-refractivity contribution < 1.29 is 14.8 Å². The Hall–Kier alpha value is -2.15. The maximum absolute atomic E-state index is 12.6. The van der Waals surface area contributed by atoms with Crippen molar-refractivity contribution in [2.45, 2.75) is 31.7 Å². The summed E-state index contributed by atoms with van der Waals surface area (Å²) in [5, 5.41) is 19.7. The molecule has 0 aliphatic carbocycles. The fourth-order valence-corrected chi connectivity index (χ4v) is 2.73. The quantitative estimate of drug-likeness (QED) is 0.486. The second kappa shape index (κ2) is 6.53. The van der Waals surface area contributed by atoms with E-state index < -0.39 is 4.92 Å². The lowest BCUT2D eigenvalue weighted by atomic mass is 10.1. The largest absolute Gasteiger partial charge is 0.398 e. The van der Waals surface area contributed by atoms with E-state index in [4.69, 9.17) is 10.8 Å². The molecule has 1 fully saturated rings. The van der Waals surface area contributed by atoms with E-state index in [9.17, 15) is 14.9 Å². The SMILES string of the molecule is Nc1ccc([N+](=O)[O-])cc1C(=O)N1CCCC1CCCO. The van der Waals surface area contributed by atoms with Gasteiger partial charge in [0.15, 0.2) is 0 Å². The molecule has 1 unspecified atom stereocenters. The van der Waals surface area contributed by atoms with Crippen LogP contribution in [0.1, 0.15) is 36.0 Å². The van der Waals surface area contributed by atoms with E-state index in [1.807, 2.05) is 0 Å². The molecule has 0 spiro atoms. The van der Waals surface area contributed by atoms with Crippen molar-refractivity contribution in [2.24, 2.45) is 0 Å². The Kier molecular flexibility index (Phi) is 4.74. The number of anilines is 1. The highest BCUT2D eigenvalue weighted by atomic mass is 16.6. The molecule has 2 rings (SSSR count). The summed E-state index contributed by atoms with van der Waals surface area (Å²) in [5.74, 6) is -0.267. The smallest absolute Gasteiger partial charge is 0.270 e. The molecule has 1 heterocycles. The van der Waals surface area contributed by atoms with E-state index in [-0.39, 0.29) is 35.5 Å². The van der Waals surface area contributed by atoms with Crippen LogP contribution in [-0.2, 0) is 0 Å². The number of carbonyl (C=O) groups excluding carboxylic acids is 1. The second-order valence-electron chi connectivity index (χ2n) is 5.19. The van der Waals surface area contributed by atoms with Crippen molar-refractivity contribution in [1.29, 1.82) is 0 Å². The van der Waals surface area contributed by atoms with Crippen molar-refractivity contribution in [3.63, 3.8) is 0 Å². The Bertz CT molecular complexity index is 547. The molecule has 7 nitrogen and oxygen atoms in total. The summed E-state index contributed by atoms with van der Waals surface area (Å²) in [4.78, 5) is 24.6. The Morgan fingerprint density at radius 3 is 2.95 bits per heavy atom. The number of non-ortho nitro benzene ring substituents is 1. The van der Waals surface area contributed by atoms with E-state index in [2.05, 4.69) is 0 Å². The van der Waals surface area contributed by atoms with Crippen LogP contribution in [0.2, 0.25) is 0 Å². The van der Waals surface area contributed by atoms with Crippen LogP contribution in [0.5, 0.6) is 0 Å².